The van der Waals surface area contributed by atoms with E-state index in [-0.39, 0.29) is 5.41 Å². The predicted octanol–water partition coefficient (Wildman–Crippen LogP) is 1.63. The Bertz CT molecular complexity index is 230. The lowest BCUT2D eigenvalue weighted by molar-refractivity contribution is -0.126. The number of hydrogen-bond donors (Lipinski definition) is 0. The molecule has 0 unspecified atom stereocenters. The minimum absolute atomic E-state index is 0.188. The Morgan fingerprint density at radius 1 is 1.12 bits per heavy atom. The number of carbonyl (C=O) groups excluding carboxylic acids is 1. The van der Waals surface area contributed by atoms with Gasteiger partial charge >= 0.3 is 0 Å². The van der Waals surface area contributed by atoms with Crippen LogP contribution in [0.3, 0.4) is 0 Å². The summed E-state index contributed by atoms with van der Waals surface area (Å²) >= 11 is 0. The largest absolute Gasteiger partial charge is 0.301 e. The molecular formula is C13H26N2O. The molecule has 0 N–H and O–H groups in total. The summed E-state index contributed by atoms with van der Waals surface area (Å²) in [5.41, 5.74) is -0.188. The summed E-state index contributed by atoms with van der Waals surface area (Å²) in [6.45, 7) is 14.7. The first-order valence-electron chi connectivity index (χ1n) is 6.41. The van der Waals surface area contributed by atoms with Crippen LogP contribution in [0.2, 0.25) is 0 Å². The molecule has 1 fully saturated rings. The van der Waals surface area contributed by atoms with E-state index in [1.165, 1.54) is 13.0 Å². The molecule has 0 spiro atoms. The molecule has 0 aromatic heterocycles. The van der Waals surface area contributed by atoms with Crippen molar-refractivity contribution in [1.82, 2.24) is 9.80 Å². The molecule has 0 bridgehead atoms. The van der Waals surface area contributed by atoms with Crippen LogP contribution in [-0.2, 0) is 4.79 Å². The molecule has 3 nitrogen and oxygen atoms in total. The van der Waals surface area contributed by atoms with Gasteiger partial charge in [-0.1, -0.05) is 20.8 Å². The fourth-order valence-corrected chi connectivity index (χ4v) is 2.16. The van der Waals surface area contributed by atoms with Gasteiger partial charge in [0.05, 0.1) is 0 Å². The highest BCUT2D eigenvalue weighted by atomic mass is 16.1. The molecule has 1 heterocycles. The van der Waals surface area contributed by atoms with E-state index in [1.54, 1.807) is 6.92 Å². The Kier molecular flexibility index (Phi) is 4.93. The Hall–Kier alpha value is -0.410. The summed E-state index contributed by atoms with van der Waals surface area (Å²) in [4.78, 5) is 16.4. The van der Waals surface area contributed by atoms with Gasteiger partial charge in [-0.3, -0.25) is 9.69 Å². The molecule has 94 valence electrons. The zero-order valence-electron chi connectivity index (χ0n) is 11.3. The second-order valence-corrected chi connectivity index (χ2v) is 5.56. The first-order valence-corrected chi connectivity index (χ1v) is 6.41. The van der Waals surface area contributed by atoms with E-state index in [9.17, 15) is 4.79 Å². The van der Waals surface area contributed by atoms with Gasteiger partial charge in [-0.15, -0.1) is 0 Å². The molecule has 1 aliphatic heterocycles. The zero-order chi connectivity index (χ0) is 12.2. The summed E-state index contributed by atoms with van der Waals surface area (Å²) in [6.07, 6.45) is 1.24. The van der Waals surface area contributed by atoms with Gasteiger partial charge in [0.25, 0.3) is 0 Å². The average molecular weight is 226 g/mol. The molecule has 0 aliphatic carbocycles. The molecule has 3 heteroatoms. The SMILES string of the molecule is CCCN1CCN(CC(C)(C)C(C)=O)CC1. The Balaban J connectivity index is 2.34. The van der Waals surface area contributed by atoms with Crippen molar-refractivity contribution in [3.05, 3.63) is 0 Å². The fourth-order valence-electron chi connectivity index (χ4n) is 2.16. The van der Waals surface area contributed by atoms with Crippen molar-refractivity contribution in [1.29, 1.82) is 0 Å². The molecular weight excluding hydrogens is 200 g/mol. The van der Waals surface area contributed by atoms with E-state index in [2.05, 4.69) is 16.7 Å². The third-order valence-corrected chi connectivity index (χ3v) is 3.58. The maximum Gasteiger partial charge on any atom is 0.136 e. The normalized spacial score (nSPS) is 20.0. The van der Waals surface area contributed by atoms with Crippen molar-refractivity contribution in [3.8, 4) is 0 Å². The van der Waals surface area contributed by atoms with Crippen molar-refractivity contribution in [2.75, 3.05) is 39.3 Å². The summed E-state index contributed by atoms with van der Waals surface area (Å²) in [7, 11) is 0. The second kappa shape index (κ2) is 5.78. The Morgan fingerprint density at radius 3 is 2.06 bits per heavy atom. The van der Waals surface area contributed by atoms with Crippen LogP contribution in [0.4, 0.5) is 0 Å². The van der Waals surface area contributed by atoms with Gasteiger partial charge in [-0.05, 0) is 19.9 Å². The lowest BCUT2D eigenvalue weighted by Crippen LogP contribution is -2.50. The van der Waals surface area contributed by atoms with Crippen molar-refractivity contribution in [3.63, 3.8) is 0 Å². The molecule has 0 aromatic carbocycles. The molecule has 0 amide bonds. The van der Waals surface area contributed by atoms with Gasteiger partial charge in [0, 0.05) is 38.1 Å². The van der Waals surface area contributed by atoms with Crippen molar-refractivity contribution in [2.45, 2.75) is 34.1 Å². The van der Waals surface area contributed by atoms with Crippen LogP contribution in [-0.4, -0.2) is 54.9 Å². The molecule has 1 aliphatic rings. The predicted molar refractivity (Wildman–Crippen MR) is 67.6 cm³/mol. The van der Waals surface area contributed by atoms with Crippen LogP contribution >= 0.6 is 0 Å². The Labute approximate surface area is 99.8 Å². The molecule has 0 saturated carbocycles. The number of piperazine rings is 1. The van der Waals surface area contributed by atoms with Gasteiger partial charge in [-0.25, -0.2) is 0 Å². The van der Waals surface area contributed by atoms with Crippen LogP contribution in [0, 0.1) is 5.41 Å². The molecule has 0 aromatic rings. The van der Waals surface area contributed by atoms with E-state index in [4.69, 9.17) is 0 Å². The number of Topliss-reactive ketones (excluding diaryl/α,β-unsaturated/α-hetero) is 1. The van der Waals surface area contributed by atoms with Crippen LogP contribution in [0.25, 0.3) is 0 Å². The van der Waals surface area contributed by atoms with Gasteiger partial charge in [0.1, 0.15) is 5.78 Å². The lowest BCUT2D eigenvalue weighted by Gasteiger charge is -2.38. The zero-order valence-corrected chi connectivity index (χ0v) is 11.3. The van der Waals surface area contributed by atoms with E-state index >= 15 is 0 Å². The van der Waals surface area contributed by atoms with Gasteiger partial charge in [0.2, 0.25) is 0 Å². The fraction of sp³-hybridized carbons (Fsp3) is 0.923. The lowest BCUT2D eigenvalue weighted by atomic mass is 9.88. The quantitative estimate of drug-likeness (QED) is 0.712. The van der Waals surface area contributed by atoms with Crippen LogP contribution < -0.4 is 0 Å². The molecule has 0 radical (unpaired) electrons. The third kappa shape index (κ3) is 3.87. The van der Waals surface area contributed by atoms with E-state index in [1.807, 2.05) is 13.8 Å². The molecule has 1 saturated heterocycles. The third-order valence-electron chi connectivity index (χ3n) is 3.58. The summed E-state index contributed by atoms with van der Waals surface area (Å²) in [5, 5.41) is 0. The highest BCUT2D eigenvalue weighted by Gasteiger charge is 2.28. The summed E-state index contributed by atoms with van der Waals surface area (Å²) in [5.74, 6) is 0.295. The van der Waals surface area contributed by atoms with E-state index in [0.717, 1.165) is 32.7 Å². The Morgan fingerprint density at radius 2 is 1.62 bits per heavy atom. The minimum atomic E-state index is -0.188. The van der Waals surface area contributed by atoms with E-state index in [0.29, 0.717) is 5.78 Å². The highest BCUT2D eigenvalue weighted by molar-refractivity contribution is 5.81. The number of hydrogen-bond acceptors (Lipinski definition) is 3. The monoisotopic (exact) mass is 226 g/mol. The molecule has 1 rings (SSSR count). The average Bonchev–Trinajstić information content (AvgIpc) is 2.21. The molecule has 16 heavy (non-hydrogen) atoms. The summed E-state index contributed by atoms with van der Waals surface area (Å²) in [6, 6.07) is 0. The van der Waals surface area contributed by atoms with Crippen LogP contribution in [0.1, 0.15) is 34.1 Å². The standard InChI is InChI=1S/C13H26N2O/c1-5-6-14-7-9-15(10-8-14)11-13(3,4)12(2)16/h5-11H2,1-4H3. The topological polar surface area (TPSA) is 23.6 Å². The number of carbonyl (C=O) groups is 1. The number of rotatable bonds is 5. The first-order chi connectivity index (χ1) is 7.45. The first kappa shape index (κ1) is 13.7. The van der Waals surface area contributed by atoms with Gasteiger partial charge in [-0.2, -0.15) is 0 Å². The highest BCUT2D eigenvalue weighted by Crippen LogP contribution is 2.19. The number of nitrogens with zero attached hydrogens (tertiary/aromatic N) is 2. The van der Waals surface area contributed by atoms with Crippen LogP contribution in [0.5, 0.6) is 0 Å². The second-order valence-electron chi connectivity index (χ2n) is 5.56. The van der Waals surface area contributed by atoms with Gasteiger partial charge < -0.3 is 4.90 Å². The van der Waals surface area contributed by atoms with Crippen LogP contribution in [0.15, 0.2) is 0 Å². The number of ketones is 1. The smallest absolute Gasteiger partial charge is 0.136 e. The van der Waals surface area contributed by atoms with Crippen molar-refractivity contribution < 1.29 is 4.79 Å². The minimum Gasteiger partial charge on any atom is -0.301 e. The van der Waals surface area contributed by atoms with Gasteiger partial charge in [0.15, 0.2) is 0 Å². The van der Waals surface area contributed by atoms with Crippen molar-refractivity contribution >= 4 is 5.78 Å². The maximum atomic E-state index is 11.5. The van der Waals surface area contributed by atoms with Crippen molar-refractivity contribution in [2.24, 2.45) is 5.41 Å². The van der Waals surface area contributed by atoms with E-state index < -0.39 is 0 Å². The summed E-state index contributed by atoms with van der Waals surface area (Å²) < 4.78 is 0. The maximum absolute atomic E-state index is 11.5. The molecule has 0 atom stereocenters.